The molecule has 1 N–H and O–H groups in total. The second-order valence-corrected chi connectivity index (χ2v) is 10.8. The van der Waals surface area contributed by atoms with Crippen LogP contribution in [0.15, 0.2) is 35.3 Å². The molecule has 3 heterocycles. The normalized spacial score (nSPS) is 17.1. The van der Waals surface area contributed by atoms with Crippen LogP contribution in [0, 0.1) is 10.8 Å². The molecule has 2 aromatic heterocycles. The van der Waals surface area contributed by atoms with Gasteiger partial charge >= 0.3 is 5.97 Å². The first-order valence-corrected chi connectivity index (χ1v) is 13.7. The lowest BCUT2D eigenvalue weighted by molar-refractivity contribution is -0.0182. The van der Waals surface area contributed by atoms with Gasteiger partial charge in [-0.1, -0.05) is 67.0 Å². The summed E-state index contributed by atoms with van der Waals surface area (Å²) in [5, 5.41) is 15.4. The zero-order chi connectivity index (χ0) is 28.3. The van der Waals surface area contributed by atoms with Crippen molar-refractivity contribution >= 4 is 16.9 Å². The first-order valence-electron chi connectivity index (χ1n) is 13.7. The fraction of sp³-hybridized carbons (Fsp3) is 0.567. The summed E-state index contributed by atoms with van der Waals surface area (Å²) in [7, 11) is 1.73. The molecule has 2 aliphatic rings. The van der Waals surface area contributed by atoms with Crippen LogP contribution in [0.3, 0.4) is 0 Å². The topological polar surface area (TPSA) is 95.6 Å². The number of hydrogen-bond acceptors (Lipinski definition) is 5. The Bertz CT molecular complexity index is 1330. The molecule has 1 aliphatic heterocycles. The molecule has 1 fully saturated rings. The van der Waals surface area contributed by atoms with Crippen LogP contribution in [0.5, 0.6) is 5.75 Å². The number of pyridine rings is 1. The third kappa shape index (κ3) is 5.37. The number of fused-ring (bicyclic) bond motifs is 5. The molecule has 8 heteroatoms. The number of methoxy groups -OCH3 is 1. The first kappa shape index (κ1) is 29.4. The largest absolute Gasteiger partial charge is 0.491 e. The molecule has 0 bridgehead atoms. The van der Waals surface area contributed by atoms with Crippen molar-refractivity contribution in [2.75, 3.05) is 20.3 Å². The molecular formula is C30H43N3O5. The lowest BCUT2D eigenvalue weighted by Gasteiger charge is -2.40. The second-order valence-electron chi connectivity index (χ2n) is 10.8. The standard InChI is InChI=1S/C26H31N3O5.2C2H6/c1-25(2,3)21-13-29-23(18-11-19(30)17(24(31)32)12-28(18)21)16-7-5-8-20(22(16)27-29)34-15-26(14-33-4)9-6-10-26;2*1-2/h5,7-8,11-12,21H,6,9-10,13-15H2,1-4H3,(H,31,32);2*1-2H3. The molecular weight excluding hydrogens is 482 g/mol. The van der Waals surface area contributed by atoms with Gasteiger partial charge in [0.05, 0.1) is 37.2 Å². The highest BCUT2D eigenvalue weighted by atomic mass is 16.5. The molecule has 1 aliphatic carbocycles. The Hall–Kier alpha value is -3.13. The van der Waals surface area contributed by atoms with E-state index in [9.17, 15) is 14.7 Å². The van der Waals surface area contributed by atoms with E-state index in [1.807, 2.05) is 55.1 Å². The van der Waals surface area contributed by atoms with Crippen LogP contribution in [-0.4, -0.2) is 45.7 Å². The number of carbonyl (C=O) groups is 1. The van der Waals surface area contributed by atoms with Gasteiger partial charge in [-0.25, -0.2) is 4.79 Å². The fourth-order valence-electron chi connectivity index (χ4n) is 5.29. The number of carboxylic acid groups (broad SMARTS) is 1. The van der Waals surface area contributed by atoms with Crippen LogP contribution in [-0.2, 0) is 11.3 Å². The van der Waals surface area contributed by atoms with Crippen LogP contribution in [0.1, 0.15) is 84.1 Å². The highest BCUT2D eigenvalue weighted by Crippen LogP contribution is 2.44. The fourth-order valence-corrected chi connectivity index (χ4v) is 5.29. The third-order valence-electron chi connectivity index (χ3n) is 7.37. The number of nitrogens with zero attached hydrogens (tertiary/aromatic N) is 3. The Morgan fingerprint density at radius 2 is 1.84 bits per heavy atom. The van der Waals surface area contributed by atoms with Crippen molar-refractivity contribution < 1.29 is 19.4 Å². The van der Waals surface area contributed by atoms with Gasteiger partial charge in [0.2, 0.25) is 0 Å². The molecule has 0 radical (unpaired) electrons. The lowest BCUT2D eigenvalue weighted by atomic mass is 9.70. The van der Waals surface area contributed by atoms with E-state index in [1.54, 1.807) is 7.11 Å². The van der Waals surface area contributed by atoms with Gasteiger partial charge in [0.25, 0.3) is 0 Å². The van der Waals surface area contributed by atoms with Gasteiger partial charge < -0.3 is 19.1 Å². The van der Waals surface area contributed by atoms with Crippen molar-refractivity contribution in [2.45, 2.75) is 80.3 Å². The van der Waals surface area contributed by atoms with E-state index in [2.05, 4.69) is 20.8 Å². The van der Waals surface area contributed by atoms with E-state index in [0.29, 0.717) is 31.2 Å². The summed E-state index contributed by atoms with van der Waals surface area (Å²) < 4.78 is 15.6. The summed E-state index contributed by atoms with van der Waals surface area (Å²) >= 11 is 0. The SMILES string of the molecule is CC.CC.COCC1(COc2cccc3c4n(nc23)CC(C(C)(C)C)n2cc(C(=O)O)c(=O)cc2-4)CCC1. The minimum absolute atomic E-state index is 0.0563. The number of ether oxygens (including phenoxy) is 2. The van der Waals surface area contributed by atoms with E-state index < -0.39 is 11.4 Å². The van der Waals surface area contributed by atoms with Gasteiger partial charge in [0.1, 0.15) is 16.8 Å². The molecule has 208 valence electrons. The summed E-state index contributed by atoms with van der Waals surface area (Å²) in [6.45, 7) is 16.1. The van der Waals surface area contributed by atoms with Crippen LogP contribution in [0.4, 0.5) is 0 Å². The number of aromatic nitrogens is 3. The summed E-state index contributed by atoms with van der Waals surface area (Å²) in [5.74, 6) is -0.501. The second kappa shape index (κ2) is 11.7. The number of carboxylic acids is 1. The van der Waals surface area contributed by atoms with Gasteiger partial charge in [0, 0.05) is 30.2 Å². The van der Waals surface area contributed by atoms with Crippen LogP contribution < -0.4 is 10.2 Å². The van der Waals surface area contributed by atoms with Gasteiger partial charge in [-0.3, -0.25) is 9.48 Å². The molecule has 0 amide bonds. The van der Waals surface area contributed by atoms with Gasteiger partial charge in [-0.15, -0.1) is 0 Å². The van der Waals surface area contributed by atoms with Crippen molar-refractivity contribution in [1.82, 2.24) is 14.3 Å². The number of hydrogen-bond donors (Lipinski definition) is 1. The Morgan fingerprint density at radius 1 is 1.16 bits per heavy atom. The summed E-state index contributed by atoms with van der Waals surface area (Å²) in [5.41, 5.74) is 1.38. The van der Waals surface area contributed by atoms with Crippen LogP contribution in [0.2, 0.25) is 0 Å². The van der Waals surface area contributed by atoms with Crippen molar-refractivity contribution in [2.24, 2.45) is 10.8 Å². The van der Waals surface area contributed by atoms with E-state index >= 15 is 0 Å². The van der Waals surface area contributed by atoms with Crippen LogP contribution >= 0.6 is 0 Å². The smallest absolute Gasteiger partial charge is 0.341 e. The molecule has 0 spiro atoms. The molecule has 3 aromatic rings. The zero-order valence-electron chi connectivity index (χ0n) is 24.1. The van der Waals surface area contributed by atoms with Gasteiger partial charge in [0.15, 0.2) is 5.43 Å². The quantitative estimate of drug-likeness (QED) is 0.399. The minimum Gasteiger partial charge on any atom is -0.491 e. The maximum atomic E-state index is 12.7. The molecule has 0 saturated heterocycles. The van der Waals surface area contributed by atoms with Crippen molar-refractivity contribution in [3.63, 3.8) is 0 Å². The average Bonchev–Trinajstić information content (AvgIpc) is 3.26. The summed E-state index contributed by atoms with van der Waals surface area (Å²) in [6.07, 6.45) is 4.86. The Kier molecular flexibility index (Phi) is 9.08. The number of aromatic carboxylic acids is 1. The molecule has 5 rings (SSSR count). The molecule has 1 atom stereocenters. The maximum Gasteiger partial charge on any atom is 0.341 e. The highest BCUT2D eigenvalue weighted by molar-refractivity contribution is 5.96. The van der Waals surface area contributed by atoms with Crippen LogP contribution in [0.25, 0.3) is 22.3 Å². The summed E-state index contributed by atoms with van der Waals surface area (Å²) in [6, 6.07) is 7.21. The molecule has 1 unspecified atom stereocenters. The monoisotopic (exact) mass is 525 g/mol. The van der Waals surface area contributed by atoms with E-state index in [1.165, 1.54) is 18.7 Å². The third-order valence-corrected chi connectivity index (χ3v) is 7.37. The first-order chi connectivity index (χ1) is 18.1. The van der Waals surface area contributed by atoms with Crippen molar-refractivity contribution in [3.05, 3.63) is 46.2 Å². The number of rotatable bonds is 6. The van der Waals surface area contributed by atoms with Gasteiger partial charge in [-0.05, 0) is 24.3 Å². The lowest BCUT2D eigenvalue weighted by Crippen LogP contribution is -2.39. The zero-order valence-corrected chi connectivity index (χ0v) is 24.1. The van der Waals surface area contributed by atoms with E-state index in [-0.39, 0.29) is 22.4 Å². The molecule has 8 nitrogen and oxygen atoms in total. The predicted molar refractivity (Wildman–Crippen MR) is 151 cm³/mol. The predicted octanol–water partition coefficient (Wildman–Crippen LogP) is 6.41. The Morgan fingerprint density at radius 3 is 2.39 bits per heavy atom. The van der Waals surface area contributed by atoms with E-state index in [0.717, 1.165) is 29.4 Å². The van der Waals surface area contributed by atoms with Crippen molar-refractivity contribution in [1.29, 1.82) is 0 Å². The summed E-state index contributed by atoms with van der Waals surface area (Å²) in [4.78, 5) is 24.4. The maximum absolute atomic E-state index is 12.7. The highest BCUT2D eigenvalue weighted by Gasteiger charge is 2.39. The Balaban J connectivity index is 0.000000956. The molecule has 1 saturated carbocycles. The average molecular weight is 526 g/mol. The molecule has 38 heavy (non-hydrogen) atoms. The minimum atomic E-state index is -1.21. The van der Waals surface area contributed by atoms with Gasteiger partial charge in [-0.2, -0.15) is 5.10 Å². The number of benzene rings is 1. The van der Waals surface area contributed by atoms with Crippen molar-refractivity contribution in [3.8, 4) is 17.1 Å². The molecule has 1 aromatic carbocycles. The Labute approximate surface area is 225 Å². The van der Waals surface area contributed by atoms with E-state index in [4.69, 9.17) is 14.6 Å².